The minimum atomic E-state index is -4.34. The lowest BCUT2D eigenvalue weighted by Crippen LogP contribution is -2.03. The molecule has 0 fully saturated rings. The number of alkyl halides is 3. The van der Waals surface area contributed by atoms with Gasteiger partial charge in [0.2, 0.25) is 0 Å². The van der Waals surface area contributed by atoms with Crippen LogP contribution < -0.4 is 0 Å². The van der Waals surface area contributed by atoms with E-state index >= 15 is 0 Å². The molecule has 3 heterocycles. The van der Waals surface area contributed by atoms with Crippen LogP contribution in [0.2, 0.25) is 0 Å². The molecule has 0 radical (unpaired) electrons. The first-order chi connectivity index (χ1) is 8.57. The molecule has 3 nitrogen and oxygen atoms in total. The number of nitrogens with zero attached hydrogens (tertiary/aromatic N) is 2. The standard InChI is InChI=1S/C11H6F3N3S/c12-11(13,14)9-6(1-2-18-9)7-4-16-10-8(7)3-15-5-17-10/h1-5H,(H,15,16,17). The van der Waals surface area contributed by atoms with Crippen LogP contribution in [0.3, 0.4) is 0 Å². The summed E-state index contributed by atoms with van der Waals surface area (Å²) in [6, 6.07) is 1.46. The van der Waals surface area contributed by atoms with Gasteiger partial charge in [-0.15, -0.1) is 11.3 Å². The summed E-state index contributed by atoms with van der Waals surface area (Å²) in [6.07, 6.45) is 0.0340. The van der Waals surface area contributed by atoms with Crippen LogP contribution in [0.15, 0.2) is 30.2 Å². The van der Waals surface area contributed by atoms with E-state index in [9.17, 15) is 13.2 Å². The molecule has 0 aliphatic carbocycles. The maximum absolute atomic E-state index is 12.8. The van der Waals surface area contributed by atoms with Crippen molar-refractivity contribution in [2.24, 2.45) is 0 Å². The van der Waals surface area contributed by atoms with Gasteiger partial charge in [-0.25, -0.2) is 9.97 Å². The number of nitrogens with one attached hydrogen (secondary N) is 1. The molecule has 0 saturated heterocycles. The van der Waals surface area contributed by atoms with Gasteiger partial charge in [-0.2, -0.15) is 13.2 Å². The summed E-state index contributed by atoms with van der Waals surface area (Å²) in [4.78, 5) is 10.0. The van der Waals surface area contributed by atoms with Crippen LogP contribution in [0, 0.1) is 0 Å². The van der Waals surface area contributed by atoms with Crippen molar-refractivity contribution in [3.8, 4) is 11.1 Å². The average Bonchev–Trinajstić information content (AvgIpc) is 2.93. The van der Waals surface area contributed by atoms with Gasteiger partial charge in [-0.3, -0.25) is 0 Å². The summed E-state index contributed by atoms with van der Waals surface area (Å²) in [5.41, 5.74) is 1.16. The number of aromatic amines is 1. The van der Waals surface area contributed by atoms with Crippen molar-refractivity contribution in [2.45, 2.75) is 6.18 Å². The first-order valence-corrected chi connectivity index (χ1v) is 5.87. The van der Waals surface area contributed by atoms with Crippen LogP contribution in [0.1, 0.15) is 4.88 Å². The summed E-state index contributed by atoms with van der Waals surface area (Å²) in [7, 11) is 0. The zero-order valence-electron chi connectivity index (χ0n) is 8.82. The number of aromatic nitrogens is 3. The molecule has 0 amide bonds. The highest BCUT2D eigenvalue weighted by Gasteiger charge is 2.35. The van der Waals surface area contributed by atoms with Crippen molar-refractivity contribution >= 4 is 22.4 Å². The highest BCUT2D eigenvalue weighted by Crippen LogP contribution is 2.42. The third kappa shape index (κ3) is 1.67. The van der Waals surface area contributed by atoms with E-state index in [1.807, 2.05) is 0 Å². The number of rotatable bonds is 1. The Morgan fingerprint density at radius 2 is 2.06 bits per heavy atom. The number of halogens is 3. The van der Waals surface area contributed by atoms with Gasteiger partial charge in [-0.1, -0.05) is 0 Å². The lowest BCUT2D eigenvalue weighted by molar-refractivity contribution is -0.133. The quantitative estimate of drug-likeness (QED) is 0.731. The summed E-state index contributed by atoms with van der Waals surface area (Å²) in [5, 5.41) is 2.02. The second-order valence-electron chi connectivity index (χ2n) is 3.65. The largest absolute Gasteiger partial charge is 0.426 e. The third-order valence-electron chi connectivity index (χ3n) is 2.57. The summed E-state index contributed by atoms with van der Waals surface area (Å²) in [6.45, 7) is 0. The van der Waals surface area contributed by atoms with Crippen molar-refractivity contribution in [1.29, 1.82) is 0 Å². The summed E-state index contributed by atoms with van der Waals surface area (Å²) in [5.74, 6) is 0. The Hall–Kier alpha value is -1.89. The van der Waals surface area contributed by atoms with Crippen LogP contribution in [0.4, 0.5) is 13.2 Å². The first-order valence-electron chi connectivity index (χ1n) is 4.99. The molecule has 0 aromatic carbocycles. The fourth-order valence-electron chi connectivity index (χ4n) is 1.82. The van der Waals surface area contributed by atoms with E-state index in [0.717, 1.165) is 0 Å². The molecule has 0 atom stereocenters. The molecule has 3 aromatic rings. The molecule has 1 N–H and O–H groups in total. The van der Waals surface area contributed by atoms with E-state index in [1.165, 1.54) is 30.2 Å². The summed E-state index contributed by atoms with van der Waals surface area (Å²) >= 11 is 0.684. The van der Waals surface area contributed by atoms with Crippen LogP contribution in [0.25, 0.3) is 22.2 Å². The van der Waals surface area contributed by atoms with Gasteiger partial charge in [0.15, 0.2) is 0 Å². The highest BCUT2D eigenvalue weighted by atomic mass is 32.1. The van der Waals surface area contributed by atoms with Gasteiger partial charge in [-0.05, 0) is 11.4 Å². The second-order valence-corrected chi connectivity index (χ2v) is 4.56. The van der Waals surface area contributed by atoms with E-state index < -0.39 is 11.1 Å². The topological polar surface area (TPSA) is 41.6 Å². The minimum absolute atomic E-state index is 0.161. The van der Waals surface area contributed by atoms with Crippen molar-refractivity contribution in [3.63, 3.8) is 0 Å². The first kappa shape index (κ1) is 11.2. The Morgan fingerprint density at radius 3 is 2.83 bits per heavy atom. The van der Waals surface area contributed by atoms with Crippen molar-refractivity contribution in [2.75, 3.05) is 0 Å². The average molecular weight is 269 g/mol. The Labute approximate surface area is 103 Å². The minimum Gasteiger partial charge on any atom is -0.345 e. The van der Waals surface area contributed by atoms with Crippen LogP contribution in [0.5, 0.6) is 0 Å². The van der Waals surface area contributed by atoms with Gasteiger partial charge in [0, 0.05) is 28.9 Å². The molecule has 0 saturated carbocycles. The number of H-pyrrole nitrogens is 1. The molecule has 3 aromatic heterocycles. The predicted molar refractivity (Wildman–Crippen MR) is 62.2 cm³/mol. The maximum atomic E-state index is 12.8. The van der Waals surface area contributed by atoms with Gasteiger partial charge in [0.25, 0.3) is 0 Å². The van der Waals surface area contributed by atoms with Gasteiger partial charge in [0.05, 0.1) is 0 Å². The number of fused-ring (bicyclic) bond motifs is 1. The fraction of sp³-hybridized carbons (Fsp3) is 0.0909. The lowest BCUT2D eigenvalue weighted by Gasteiger charge is -2.06. The van der Waals surface area contributed by atoms with Crippen molar-refractivity contribution in [1.82, 2.24) is 15.0 Å². The molecule has 0 unspecified atom stereocenters. The monoisotopic (exact) mass is 269 g/mol. The summed E-state index contributed by atoms with van der Waals surface area (Å²) < 4.78 is 38.5. The number of hydrogen-bond acceptors (Lipinski definition) is 3. The Morgan fingerprint density at radius 1 is 1.22 bits per heavy atom. The molecule has 92 valence electrons. The molecule has 0 bridgehead atoms. The molecular weight excluding hydrogens is 263 g/mol. The van der Waals surface area contributed by atoms with Crippen molar-refractivity contribution in [3.05, 3.63) is 35.0 Å². The Balaban J connectivity index is 2.25. The van der Waals surface area contributed by atoms with Crippen molar-refractivity contribution < 1.29 is 13.2 Å². The number of hydrogen-bond donors (Lipinski definition) is 1. The highest BCUT2D eigenvalue weighted by molar-refractivity contribution is 7.10. The molecule has 0 aliphatic rings. The number of thiophene rings is 1. The van der Waals surface area contributed by atoms with Gasteiger partial charge >= 0.3 is 6.18 Å². The lowest BCUT2D eigenvalue weighted by atomic mass is 10.1. The Kier molecular flexibility index (Phi) is 2.37. The van der Waals surface area contributed by atoms with Crippen LogP contribution in [-0.2, 0) is 6.18 Å². The van der Waals surface area contributed by atoms with E-state index in [2.05, 4.69) is 15.0 Å². The van der Waals surface area contributed by atoms with E-state index in [4.69, 9.17) is 0 Å². The van der Waals surface area contributed by atoms with E-state index in [1.54, 1.807) is 0 Å². The smallest absolute Gasteiger partial charge is 0.345 e. The maximum Gasteiger partial charge on any atom is 0.426 e. The molecule has 18 heavy (non-hydrogen) atoms. The molecule has 3 rings (SSSR count). The van der Waals surface area contributed by atoms with E-state index in [0.29, 0.717) is 27.9 Å². The SMILES string of the molecule is FC(F)(F)c1sccc1-c1c[nH]c2ncncc12. The normalized spacial score (nSPS) is 12.2. The van der Waals surface area contributed by atoms with Crippen LogP contribution >= 0.6 is 11.3 Å². The molecule has 0 spiro atoms. The molecular formula is C11H6F3N3S. The molecule has 0 aliphatic heterocycles. The van der Waals surface area contributed by atoms with E-state index in [-0.39, 0.29) is 5.56 Å². The van der Waals surface area contributed by atoms with Crippen LogP contribution in [-0.4, -0.2) is 15.0 Å². The second kappa shape index (κ2) is 3.81. The Bertz CT molecular complexity index is 699. The van der Waals surface area contributed by atoms with Gasteiger partial charge < -0.3 is 4.98 Å². The van der Waals surface area contributed by atoms with Gasteiger partial charge in [0.1, 0.15) is 16.9 Å². The zero-order valence-corrected chi connectivity index (χ0v) is 9.64. The zero-order chi connectivity index (χ0) is 12.8. The predicted octanol–water partition coefficient (Wildman–Crippen LogP) is 3.71. The molecule has 7 heteroatoms. The third-order valence-corrected chi connectivity index (χ3v) is 3.53. The fourth-order valence-corrected chi connectivity index (χ4v) is 2.60.